The normalized spacial score (nSPS) is 20.9. The second-order valence-corrected chi connectivity index (χ2v) is 8.76. The van der Waals surface area contributed by atoms with Crippen molar-refractivity contribution in [1.29, 1.82) is 0 Å². The summed E-state index contributed by atoms with van der Waals surface area (Å²) in [5.74, 6) is 0.926. The Bertz CT molecular complexity index is 691. The van der Waals surface area contributed by atoms with Crippen LogP contribution in [0.25, 0.3) is 0 Å². The van der Waals surface area contributed by atoms with Crippen molar-refractivity contribution >= 4 is 17.5 Å². The standard InChI is InChI=1S/C24H37N3O2/c1-4-18(2)21-10-6-7-11-22(21)25-23(28)19(3)26-16-12-20(13-17-26)24(29)27-14-8-5-9-15-27/h6-7,10-11,18-20H,4-5,8-9,12-17H2,1-3H3,(H,25,28). The van der Waals surface area contributed by atoms with Gasteiger partial charge in [0.15, 0.2) is 0 Å². The molecule has 2 amide bonds. The van der Waals surface area contributed by atoms with Crippen LogP contribution in [0.4, 0.5) is 5.69 Å². The van der Waals surface area contributed by atoms with E-state index in [-0.39, 0.29) is 17.9 Å². The highest BCUT2D eigenvalue weighted by Crippen LogP contribution is 2.27. The van der Waals surface area contributed by atoms with E-state index in [0.29, 0.717) is 11.8 Å². The minimum atomic E-state index is -0.189. The highest BCUT2D eigenvalue weighted by Gasteiger charge is 2.32. The SMILES string of the molecule is CCC(C)c1ccccc1NC(=O)C(C)N1CCC(C(=O)N2CCCCC2)CC1. The molecule has 2 fully saturated rings. The summed E-state index contributed by atoms with van der Waals surface area (Å²) in [7, 11) is 0. The van der Waals surface area contributed by atoms with Crippen molar-refractivity contribution in [1.82, 2.24) is 9.80 Å². The minimum absolute atomic E-state index is 0.0431. The summed E-state index contributed by atoms with van der Waals surface area (Å²) in [5, 5.41) is 3.15. The molecule has 5 heteroatoms. The van der Waals surface area contributed by atoms with E-state index in [4.69, 9.17) is 0 Å². The van der Waals surface area contributed by atoms with Gasteiger partial charge in [0.2, 0.25) is 11.8 Å². The summed E-state index contributed by atoms with van der Waals surface area (Å²) in [6.07, 6.45) is 6.28. The van der Waals surface area contributed by atoms with Gasteiger partial charge in [0.25, 0.3) is 0 Å². The number of benzene rings is 1. The summed E-state index contributed by atoms with van der Waals surface area (Å²) in [6.45, 7) is 9.81. The highest BCUT2D eigenvalue weighted by molar-refractivity contribution is 5.95. The molecule has 5 nitrogen and oxygen atoms in total. The summed E-state index contributed by atoms with van der Waals surface area (Å²) >= 11 is 0. The van der Waals surface area contributed by atoms with Crippen LogP contribution < -0.4 is 5.32 Å². The Morgan fingerprint density at radius 1 is 1.03 bits per heavy atom. The van der Waals surface area contributed by atoms with Crippen LogP contribution in [-0.2, 0) is 9.59 Å². The molecule has 0 radical (unpaired) electrons. The largest absolute Gasteiger partial charge is 0.342 e. The third-order valence-corrected chi connectivity index (χ3v) is 6.84. The van der Waals surface area contributed by atoms with E-state index in [1.54, 1.807) is 0 Å². The molecule has 0 bridgehead atoms. The van der Waals surface area contributed by atoms with Crippen molar-refractivity contribution in [3.8, 4) is 0 Å². The maximum absolute atomic E-state index is 12.9. The molecule has 0 aliphatic carbocycles. The molecule has 2 unspecified atom stereocenters. The number of carbonyl (C=O) groups is 2. The van der Waals surface area contributed by atoms with E-state index >= 15 is 0 Å². The van der Waals surface area contributed by atoms with E-state index in [2.05, 4.69) is 35.0 Å². The number of piperidine rings is 2. The fourth-order valence-corrected chi connectivity index (χ4v) is 4.57. The predicted octanol–water partition coefficient (Wildman–Crippen LogP) is 4.25. The van der Waals surface area contributed by atoms with Crippen LogP contribution in [0.2, 0.25) is 0 Å². The third-order valence-electron chi connectivity index (χ3n) is 6.84. The molecule has 160 valence electrons. The highest BCUT2D eigenvalue weighted by atomic mass is 16.2. The average Bonchev–Trinajstić information content (AvgIpc) is 2.78. The molecule has 1 N–H and O–H groups in total. The Labute approximate surface area is 175 Å². The lowest BCUT2D eigenvalue weighted by atomic mass is 9.93. The lowest BCUT2D eigenvalue weighted by Gasteiger charge is -2.37. The molecule has 0 spiro atoms. The van der Waals surface area contributed by atoms with Crippen LogP contribution in [0.1, 0.15) is 70.8 Å². The minimum Gasteiger partial charge on any atom is -0.342 e. The number of amides is 2. The number of rotatable bonds is 6. The van der Waals surface area contributed by atoms with Gasteiger partial charge in [0.05, 0.1) is 6.04 Å². The number of hydrogen-bond acceptors (Lipinski definition) is 3. The van der Waals surface area contributed by atoms with Crippen molar-refractivity contribution < 1.29 is 9.59 Å². The van der Waals surface area contributed by atoms with Gasteiger partial charge in [-0.2, -0.15) is 0 Å². The zero-order valence-corrected chi connectivity index (χ0v) is 18.3. The summed E-state index contributed by atoms with van der Waals surface area (Å²) in [5.41, 5.74) is 2.12. The van der Waals surface area contributed by atoms with Crippen molar-refractivity contribution in [3.05, 3.63) is 29.8 Å². The van der Waals surface area contributed by atoms with Crippen molar-refractivity contribution in [2.45, 2.75) is 71.3 Å². The second kappa shape index (κ2) is 10.2. The van der Waals surface area contributed by atoms with Crippen molar-refractivity contribution in [2.24, 2.45) is 5.92 Å². The molecule has 2 aliphatic heterocycles. The Hall–Kier alpha value is -1.88. The molecule has 2 saturated heterocycles. The molecule has 3 rings (SSSR count). The summed E-state index contributed by atoms with van der Waals surface area (Å²) < 4.78 is 0. The molecule has 29 heavy (non-hydrogen) atoms. The third kappa shape index (κ3) is 5.39. The van der Waals surface area contributed by atoms with Gasteiger partial charge in [0.1, 0.15) is 0 Å². The van der Waals surface area contributed by atoms with Gasteiger partial charge in [0, 0.05) is 24.7 Å². The van der Waals surface area contributed by atoms with Crippen LogP contribution in [-0.4, -0.2) is 53.8 Å². The fraction of sp³-hybridized carbons (Fsp3) is 0.667. The van der Waals surface area contributed by atoms with Crippen LogP contribution in [0.3, 0.4) is 0 Å². The number of likely N-dealkylation sites (tertiary alicyclic amines) is 2. The van der Waals surface area contributed by atoms with Crippen molar-refractivity contribution in [3.63, 3.8) is 0 Å². The molecule has 0 aromatic heterocycles. The van der Waals surface area contributed by atoms with Gasteiger partial charge in [-0.05, 0) is 76.1 Å². The number of carbonyl (C=O) groups excluding carboxylic acids is 2. The van der Waals surface area contributed by atoms with E-state index in [0.717, 1.165) is 64.0 Å². The molecule has 1 aromatic rings. The lowest BCUT2D eigenvalue weighted by Crippen LogP contribution is -2.49. The summed E-state index contributed by atoms with van der Waals surface area (Å²) in [6, 6.07) is 7.92. The average molecular weight is 400 g/mol. The Morgan fingerprint density at radius 2 is 1.69 bits per heavy atom. The number of hydrogen-bond donors (Lipinski definition) is 1. The molecule has 2 heterocycles. The topological polar surface area (TPSA) is 52.7 Å². The van der Waals surface area contributed by atoms with E-state index < -0.39 is 0 Å². The quantitative estimate of drug-likeness (QED) is 0.778. The molecule has 1 aromatic carbocycles. The predicted molar refractivity (Wildman–Crippen MR) is 118 cm³/mol. The maximum Gasteiger partial charge on any atom is 0.241 e. The van der Waals surface area contributed by atoms with Gasteiger partial charge >= 0.3 is 0 Å². The first-order valence-electron chi connectivity index (χ1n) is 11.4. The first-order chi connectivity index (χ1) is 14.0. The maximum atomic E-state index is 12.9. The zero-order chi connectivity index (χ0) is 20.8. The first-order valence-corrected chi connectivity index (χ1v) is 11.4. The van der Waals surface area contributed by atoms with Gasteiger partial charge in [-0.3, -0.25) is 14.5 Å². The zero-order valence-electron chi connectivity index (χ0n) is 18.3. The van der Waals surface area contributed by atoms with Crippen LogP contribution in [0, 0.1) is 5.92 Å². The Morgan fingerprint density at radius 3 is 2.34 bits per heavy atom. The van der Waals surface area contributed by atoms with E-state index in [1.165, 1.54) is 12.0 Å². The van der Waals surface area contributed by atoms with Gasteiger partial charge in [-0.25, -0.2) is 0 Å². The van der Waals surface area contributed by atoms with E-state index in [9.17, 15) is 9.59 Å². The molecule has 2 atom stereocenters. The summed E-state index contributed by atoms with van der Waals surface area (Å²) in [4.78, 5) is 30.0. The fourth-order valence-electron chi connectivity index (χ4n) is 4.57. The monoisotopic (exact) mass is 399 g/mol. The van der Waals surface area contributed by atoms with Gasteiger partial charge < -0.3 is 10.2 Å². The molecular weight excluding hydrogens is 362 g/mol. The number of nitrogens with zero attached hydrogens (tertiary/aromatic N) is 2. The lowest BCUT2D eigenvalue weighted by molar-refractivity contribution is -0.138. The number of anilines is 1. The van der Waals surface area contributed by atoms with Crippen LogP contribution >= 0.6 is 0 Å². The van der Waals surface area contributed by atoms with Gasteiger partial charge in [-0.1, -0.05) is 32.0 Å². The van der Waals surface area contributed by atoms with E-state index in [1.807, 2.05) is 25.1 Å². The van der Waals surface area contributed by atoms with Crippen LogP contribution in [0.15, 0.2) is 24.3 Å². The smallest absolute Gasteiger partial charge is 0.241 e. The van der Waals surface area contributed by atoms with Gasteiger partial charge in [-0.15, -0.1) is 0 Å². The van der Waals surface area contributed by atoms with Crippen molar-refractivity contribution in [2.75, 3.05) is 31.5 Å². The number of nitrogens with one attached hydrogen (secondary N) is 1. The first kappa shape index (κ1) is 21.8. The number of para-hydroxylation sites is 1. The second-order valence-electron chi connectivity index (χ2n) is 8.76. The van der Waals surface area contributed by atoms with Crippen LogP contribution in [0.5, 0.6) is 0 Å². The Kier molecular flexibility index (Phi) is 7.70. The molecule has 2 aliphatic rings. The molecule has 0 saturated carbocycles. The molecular formula is C24H37N3O2. The Balaban J connectivity index is 1.53.